The number of ether oxygens (including phenoxy) is 2. The Labute approximate surface area is 62.5 Å². The fourth-order valence-electron chi connectivity index (χ4n) is 0.685. The highest BCUT2D eigenvalue weighted by atomic mass is 16.6. The minimum Gasteiger partial charge on any atom is -0.377 e. The maximum atomic E-state index is 4.92. The molecule has 3 aliphatic rings. The molecule has 2 unspecified atom stereocenters. The molecule has 0 radical (unpaired) electrons. The second-order valence-corrected chi connectivity index (χ2v) is 2.54. The molecule has 1 aliphatic carbocycles. The van der Waals surface area contributed by atoms with E-state index in [9.17, 15) is 0 Å². The van der Waals surface area contributed by atoms with Crippen molar-refractivity contribution in [3.63, 3.8) is 0 Å². The molecule has 0 aromatic rings. The number of epoxide rings is 2. The van der Waals surface area contributed by atoms with E-state index in [4.69, 9.17) is 4.74 Å². The first kappa shape index (κ1) is 8.02. The van der Waals surface area contributed by atoms with Gasteiger partial charge in [0.05, 0.1) is 25.4 Å². The van der Waals surface area contributed by atoms with Gasteiger partial charge in [-0.15, -0.1) is 0 Å². The molecular formula is C8H16O2. The topological polar surface area (TPSA) is 25.1 Å². The van der Waals surface area contributed by atoms with Crippen LogP contribution in [0.4, 0.5) is 0 Å². The van der Waals surface area contributed by atoms with Crippen LogP contribution in [0.15, 0.2) is 0 Å². The fraction of sp³-hybridized carbons (Fsp3) is 1.00. The van der Waals surface area contributed by atoms with Crippen LogP contribution in [0.5, 0.6) is 0 Å². The van der Waals surface area contributed by atoms with Crippen LogP contribution in [-0.2, 0) is 9.47 Å². The van der Waals surface area contributed by atoms with Crippen LogP contribution in [0.3, 0.4) is 0 Å². The Morgan fingerprint density at radius 1 is 1.10 bits per heavy atom. The number of hydrogen-bond donors (Lipinski definition) is 0. The van der Waals surface area contributed by atoms with Gasteiger partial charge in [-0.3, -0.25) is 0 Å². The maximum Gasteiger partial charge on any atom is 0.0896 e. The van der Waals surface area contributed by atoms with E-state index in [-0.39, 0.29) is 0 Å². The first-order chi connectivity index (χ1) is 4.89. The normalized spacial score (nSPS) is 42.9. The van der Waals surface area contributed by atoms with Crippen molar-refractivity contribution < 1.29 is 9.47 Å². The summed E-state index contributed by atoms with van der Waals surface area (Å²) in [4.78, 5) is 0. The minimum absolute atomic E-state index is 0.718. The van der Waals surface area contributed by atoms with Crippen LogP contribution in [-0.4, -0.2) is 25.4 Å². The molecule has 2 heterocycles. The minimum atomic E-state index is 0.718. The van der Waals surface area contributed by atoms with Gasteiger partial charge in [-0.2, -0.15) is 0 Å². The van der Waals surface area contributed by atoms with Crippen molar-refractivity contribution in [2.45, 2.75) is 33.0 Å². The average Bonchev–Trinajstić information content (AvgIpc) is 2.81. The monoisotopic (exact) mass is 144 g/mol. The summed E-state index contributed by atoms with van der Waals surface area (Å²) in [5, 5.41) is 0. The van der Waals surface area contributed by atoms with E-state index in [0.29, 0.717) is 0 Å². The van der Waals surface area contributed by atoms with E-state index in [1.165, 1.54) is 0 Å². The van der Waals surface area contributed by atoms with Gasteiger partial charge >= 0.3 is 0 Å². The van der Waals surface area contributed by atoms with Crippen molar-refractivity contribution in [2.24, 2.45) is 5.92 Å². The highest BCUT2D eigenvalue weighted by Crippen LogP contribution is 2.52. The fourth-order valence-corrected chi connectivity index (χ4v) is 0.685. The largest absolute Gasteiger partial charge is 0.377 e. The third-order valence-electron chi connectivity index (χ3n) is 1.66. The molecule has 2 heteroatoms. The Morgan fingerprint density at radius 2 is 1.40 bits per heavy atom. The Hall–Kier alpha value is -0.0800. The zero-order chi connectivity index (χ0) is 7.56. The zero-order valence-electron chi connectivity index (χ0n) is 6.96. The van der Waals surface area contributed by atoms with Gasteiger partial charge in [-0.1, -0.05) is 20.8 Å². The molecule has 10 heavy (non-hydrogen) atoms. The summed E-state index contributed by atoms with van der Waals surface area (Å²) in [7, 11) is 0. The molecule has 0 spiro atoms. The first-order valence-corrected chi connectivity index (χ1v) is 4.13. The Bertz CT molecular complexity index is 83.9. The van der Waals surface area contributed by atoms with Gasteiger partial charge in [0.25, 0.3) is 0 Å². The highest BCUT2D eigenvalue weighted by molar-refractivity contribution is 5.10. The van der Waals surface area contributed by atoms with E-state index < -0.39 is 0 Å². The summed E-state index contributed by atoms with van der Waals surface area (Å²) in [6.07, 6.45) is 1.44. The standard InChI is InChI=1S/C4H6O.C2H4O.C2H6/c1-2-3-4(2)5-3;1-2-3-1;1-2/h2-4H,1H3;1-2H2;1-2H3. The van der Waals surface area contributed by atoms with E-state index in [2.05, 4.69) is 11.7 Å². The maximum absolute atomic E-state index is 4.92. The third-order valence-corrected chi connectivity index (χ3v) is 1.66. The molecule has 0 aromatic heterocycles. The lowest BCUT2D eigenvalue weighted by atomic mass is 10.5. The molecule has 2 aliphatic heterocycles. The second-order valence-electron chi connectivity index (χ2n) is 2.54. The summed E-state index contributed by atoms with van der Waals surface area (Å²) in [6, 6.07) is 0. The molecule has 0 bridgehead atoms. The number of fused-ring (bicyclic) bond motifs is 1. The van der Waals surface area contributed by atoms with E-state index in [1.807, 2.05) is 13.8 Å². The zero-order valence-corrected chi connectivity index (χ0v) is 6.96. The molecule has 0 aromatic carbocycles. The summed E-state index contributed by atoms with van der Waals surface area (Å²) < 4.78 is 9.42. The Balaban J connectivity index is 0.0000000877. The summed E-state index contributed by atoms with van der Waals surface area (Å²) in [6.45, 7) is 8.22. The van der Waals surface area contributed by atoms with E-state index >= 15 is 0 Å². The number of rotatable bonds is 0. The van der Waals surface area contributed by atoms with Crippen LogP contribution in [0.1, 0.15) is 20.8 Å². The molecule has 3 rings (SSSR count). The number of hydrogen-bond acceptors (Lipinski definition) is 2. The third kappa shape index (κ3) is 2.27. The summed E-state index contributed by atoms with van der Waals surface area (Å²) in [5.41, 5.74) is 0. The van der Waals surface area contributed by atoms with Gasteiger partial charge in [0, 0.05) is 5.92 Å². The lowest BCUT2D eigenvalue weighted by Gasteiger charge is -1.83. The van der Waals surface area contributed by atoms with Crippen molar-refractivity contribution in [1.82, 2.24) is 0 Å². The summed E-state index contributed by atoms with van der Waals surface area (Å²) in [5.74, 6) is 0.926. The van der Waals surface area contributed by atoms with Crippen molar-refractivity contribution in [3.05, 3.63) is 0 Å². The molecule has 2 saturated heterocycles. The molecule has 2 atom stereocenters. The molecule has 0 N–H and O–H groups in total. The van der Waals surface area contributed by atoms with Gasteiger partial charge in [0.2, 0.25) is 0 Å². The smallest absolute Gasteiger partial charge is 0.0896 e. The SMILES string of the molecule is C1CO1.CC.CC1C2OC12. The van der Waals surface area contributed by atoms with Gasteiger partial charge in [0.1, 0.15) is 0 Å². The molecule has 3 fully saturated rings. The van der Waals surface area contributed by atoms with Crippen molar-refractivity contribution in [2.75, 3.05) is 13.2 Å². The van der Waals surface area contributed by atoms with Crippen molar-refractivity contribution in [3.8, 4) is 0 Å². The van der Waals surface area contributed by atoms with Gasteiger partial charge in [0.15, 0.2) is 0 Å². The van der Waals surface area contributed by atoms with E-state index in [0.717, 1.165) is 31.3 Å². The molecule has 60 valence electrons. The van der Waals surface area contributed by atoms with Crippen LogP contribution in [0, 0.1) is 5.92 Å². The van der Waals surface area contributed by atoms with Gasteiger partial charge in [-0.05, 0) is 0 Å². The predicted molar refractivity (Wildman–Crippen MR) is 40.0 cm³/mol. The van der Waals surface area contributed by atoms with Crippen LogP contribution >= 0.6 is 0 Å². The lowest BCUT2D eigenvalue weighted by Crippen LogP contribution is -1.84. The quantitative estimate of drug-likeness (QED) is 0.481. The van der Waals surface area contributed by atoms with Crippen molar-refractivity contribution >= 4 is 0 Å². The molecular weight excluding hydrogens is 128 g/mol. The lowest BCUT2D eigenvalue weighted by molar-refractivity contribution is 0.237. The van der Waals surface area contributed by atoms with Crippen LogP contribution < -0.4 is 0 Å². The van der Waals surface area contributed by atoms with Gasteiger partial charge in [-0.25, -0.2) is 0 Å². The summed E-state index contributed by atoms with van der Waals surface area (Å²) >= 11 is 0. The van der Waals surface area contributed by atoms with E-state index in [1.54, 1.807) is 0 Å². The predicted octanol–water partition coefficient (Wildman–Crippen LogP) is 1.45. The average molecular weight is 144 g/mol. The highest BCUT2D eigenvalue weighted by Gasteiger charge is 2.64. The van der Waals surface area contributed by atoms with Gasteiger partial charge < -0.3 is 9.47 Å². The van der Waals surface area contributed by atoms with Crippen LogP contribution in [0.25, 0.3) is 0 Å². The molecule has 0 amide bonds. The van der Waals surface area contributed by atoms with Crippen LogP contribution in [0.2, 0.25) is 0 Å². The second kappa shape index (κ2) is 3.35. The molecule has 1 saturated carbocycles. The Morgan fingerprint density at radius 3 is 1.40 bits per heavy atom. The van der Waals surface area contributed by atoms with Crippen molar-refractivity contribution in [1.29, 1.82) is 0 Å². The first-order valence-electron chi connectivity index (χ1n) is 4.13. The Kier molecular flexibility index (Phi) is 2.69. The molecule has 2 nitrogen and oxygen atoms in total.